The SMILES string of the molecule is CC(=O)NCC(O)C(O)c1ccc(C(C)=O)c(Cl)c1. The lowest BCUT2D eigenvalue weighted by molar-refractivity contribution is -0.119. The van der Waals surface area contributed by atoms with Gasteiger partial charge in [0.15, 0.2) is 5.78 Å². The molecule has 1 aromatic rings. The quantitative estimate of drug-likeness (QED) is 0.707. The highest BCUT2D eigenvalue weighted by atomic mass is 35.5. The Morgan fingerprint density at radius 2 is 1.95 bits per heavy atom. The summed E-state index contributed by atoms with van der Waals surface area (Å²) in [6.07, 6.45) is -2.34. The number of rotatable bonds is 5. The fourth-order valence-corrected chi connectivity index (χ4v) is 1.90. The summed E-state index contributed by atoms with van der Waals surface area (Å²) < 4.78 is 0. The van der Waals surface area contributed by atoms with Crippen LogP contribution in [0.15, 0.2) is 18.2 Å². The average molecular weight is 286 g/mol. The Bertz CT molecular complexity index is 490. The zero-order valence-electron chi connectivity index (χ0n) is 10.7. The van der Waals surface area contributed by atoms with Crippen molar-refractivity contribution in [1.29, 1.82) is 0 Å². The number of carbonyl (C=O) groups is 2. The van der Waals surface area contributed by atoms with Crippen LogP contribution in [-0.2, 0) is 4.79 Å². The molecule has 0 aliphatic carbocycles. The Labute approximate surface area is 116 Å². The van der Waals surface area contributed by atoms with E-state index in [9.17, 15) is 19.8 Å². The molecular formula is C13H16ClNO4. The van der Waals surface area contributed by atoms with Gasteiger partial charge in [-0.05, 0) is 24.6 Å². The number of ketones is 1. The third-order valence-electron chi connectivity index (χ3n) is 2.64. The Balaban J connectivity index is 2.82. The molecule has 0 saturated carbocycles. The van der Waals surface area contributed by atoms with Gasteiger partial charge in [-0.1, -0.05) is 17.7 Å². The molecule has 0 radical (unpaired) electrons. The molecule has 2 unspecified atom stereocenters. The van der Waals surface area contributed by atoms with Crippen LogP contribution in [0.5, 0.6) is 0 Å². The fourth-order valence-electron chi connectivity index (χ4n) is 1.58. The summed E-state index contributed by atoms with van der Waals surface area (Å²) in [5.74, 6) is -0.471. The third-order valence-corrected chi connectivity index (χ3v) is 2.95. The minimum absolute atomic E-state index is 0.0669. The van der Waals surface area contributed by atoms with E-state index in [-0.39, 0.29) is 23.3 Å². The average Bonchev–Trinajstić information content (AvgIpc) is 2.34. The van der Waals surface area contributed by atoms with Crippen molar-refractivity contribution in [3.8, 4) is 0 Å². The Hall–Kier alpha value is -1.43. The van der Waals surface area contributed by atoms with E-state index in [2.05, 4.69) is 5.32 Å². The number of benzene rings is 1. The van der Waals surface area contributed by atoms with E-state index >= 15 is 0 Å². The van der Waals surface area contributed by atoms with Gasteiger partial charge in [-0.25, -0.2) is 0 Å². The Kier molecular flexibility index (Phi) is 5.47. The standard InChI is InChI=1S/C13H16ClNO4/c1-7(16)10-4-3-9(5-11(10)14)13(19)12(18)6-15-8(2)17/h3-5,12-13,18-19H,6H2,1-2H3,(H,15,17). The van der Waals surface area contributed by atoms with Crippen molar-refractivity contribution in [2.75, 3.05) is 6.54 Å². The molecule has 1 aromatic carbocycles. The lowest BCUT2D eigenvalue weighted by Crippen LogP contribution is -2.34. The summed E-state index contributed by atoms with van der Waals surface area (Å²) in [7, 11) is 0. The minimum atomic E-state index is -1.19. The van der Waals surface area contributed by atoms with Crippen LogP contribution in [0.3, 0.4) is 0 Å². The second kappa shape index (κ2) is 6.65. The number of aliphatic hydroxyl groups is 2. The van der Waals surface area contributed by atoms with Crippen LogP contribution in [0.25, 0.3) is 0 Å². The maximum Gasteiger partial charge on any atom is 0.216 e. The highest BCUT2D eigenvalue weighted by Crippen LogP contribution is 2.24. The summed E-state index contributed by atoms with van der Waals surface area (Å²) in [6, 6.07) is 4.44. The zero-order chi connectivity index (χ0) is 14.6. The molecule has 19 heavy (non-hydrogen) atoms. The van der Waals surface area contributed by atoms with Gasteiger partial charge in [-0.3, -0.25) is 9.59 Å². The maximum atomic E-state index is 11.2. The van der Waals surface area contributed by atoms with Gasteiger partial charge in [0.25, 0.3) is 0 Å². The predicted octanol–water partition coefficient (Wildman–Crippen LogP) is 1.07. The molecule has 0 spiro atoms. The summed E-state index contributed by atoms with van der Waals surface area (Å²) in [5.41, 5.74) is 0.738. The second-order valence-corrected chi connectivity index (χ2v) is 4.65. The molecule has 0 fully saturated rings. The van der Waals surface area contributed by atoms with Crippen LogP contribution >= 0.6 is 11.6 Å². The monoisotopic (exact) mass is 285 g/mol. The van der Waals surface area contributed by atoms with Crippen molar-refractivity contribution in [2.45, 2.75) is 26.1 Å². The largest absolute Gasteiger partial charge is 0.388 e. The summed E-state index contributed by atoms with van der Waals surface area (Å²) in [6.45, 7) is 2.64. The van der Waals surface area contributed by atoms with Gasteiger partial charge in [-0.2, -0.15) is 0 Å². The predicted molar refractivity (Wildman–Crippen MR) is 71.1 cm³/mol. The summed E-state index contributed by atoms with van der Waals surface area (Å²) in [4.78, 5) is 21.9. The van der Waals surface area contributed by atoms with Crippen LogP contribution in [0.4, 0.5) is 0 Å². The van der Waals surface area contributed by atoms with Crippen molar-refractivity contribution in [1.82, 2.24) is 5.32 Å². The smallest absolute Gasteiger partial charge is 0.216 e. The van der Waals surface area contributed by atoms with Crippen molar-refractivity contribution < 1.29 is 19.8 Å². The summed E-state index contributed by atoms with van der Waals surface area (Å²) >= 11 is 5.92. The van der Waals surface area contributed by atoms with Gasteiger partial charge >= 0.3 is 0 Å². The number of nitrogens with one attached hydrogen (secondary N) is 1. The zero-order valence-corrected chi connectivity index (χ0v) is 11.4. The molecule has 6 heteroatoms. The van der Waals surface area contributed by atoms with Gasteiger partial charge in [0.05, 0.1) is 5.02 Å². The normalized spacial score (nSPS) is 13.7. The number of amides is 1. The number of carbonyl (C=O) groups excluding carboxylic acids is 2. The first-order chi connectivity index (χ1) is 8.82. The molecule has 0 aliphatic rings. The number of aliphatic hydroxyl groups excluding tert-OH is 2. The third kappa shape index (κ3) is 4.31. The Morgan fingerprint density at radius 3 is 2.42 bits per heavy atom. The van der Waals surface area contributed by atoms with Crippen LogP contribution in [0.1, 0.15) is 35.9 Å². The van der Waals surface area contributed by atoms with Gasteiger partial charge < -0.3 is 15.5 Å². The first kappa shape index (κ1) is 15.6. The molecular weight excluding hydrogens is 270 g/mol. The fraction of sp³-hybridized carbons (Fsp3) is 0.385. The molecule has 5 nitrogen and oxygen atoms in total. The Morgan fingerprint density at radius 1 is 1.32 bits per heavy atom. The van der Waals surface area contributed by atoms with E-state index in [4.69, 9.17) is 11.6 Å². The number of halogens is 1. The first-order valence-corrected chi connectivity index (χ1v) is 6.11. The molecule has 1 rings (SSSR count). The molecule has 2 atom stereocenters. The molecule has 0 heterocycles. The van der Waals surface area contributed by atoms with E-state index < -0.39 is 12.2 Å². The molecule has 0 bridgehead atoms. The van der Waals surface area contributed by atoms with E-state index in [1.807, 2.05) is 0 Å². The highest BCUT2D eigenvalue weighted by molar-refractivity contribution is 6.33. The topological polar surface area (TPSA) is 86.6 Å². The number of Topliss-reactive ketones (excluding diaryl/α,β-unsaturated/α-hetero) is 1. The van der Waals surface area contributed by atoms with Crippen molar-refractivity contribution in [3.05, 3.63) is 34.3 Å². The van der Waals surface area contributed by atoms with Gasteiger partial charge in [0.1, 0.15) is 12.2 Å². The van der Waals surface area contributed by atoms with Gasteiger partial charge in [-0.15, -0.1) is 0 Å². The van der Waals surface area contributed by atoms with E-state index in [1.54, 1.807) is 0 Å². The van der Waals surface area contributed by atoms with Crippen LogP contribution in [0, 0.1) is 0 Å². The minimum Gasteiger partial charge on any atom is -0.388 e. The molecule has 0 aromatic heterocycles. The van der Waals surface area contributed by atoms with E-state index in [0.29, 0.717) is 11.1 Å². The van der Waals surface area contributed by atoms with E-state index in [0.717, 1.165) is 0 Å². The van der Waals surface area contributed by atoms with Crippen LogP contribution < -0.4 is 5.32 Å². The maximum absolute atomic E-state index is 11.2. The molecule has 0 saturated heterocycles. The van der Waals surface area contributed by atoms with Gasteiger partial charge in [0, 0.05) is 19.0 Å². The van der Waals surface area contributed by atoms with Gasteiger partial charge in [0.2, 0.25) is 5.91 Å². The number of hydrogen-bond acceptors (Lipinski definition) is 4. The lowest BCUT2D eigenvalue weighted by atomic mass is 10.0. The second-order valence-electron chi connectivity index (χ2n) is 4.24. The molecule has 104 valence electrons. The molecule has 3 N–H and O–H groups in total. The lowest BCUT2D eigenvalue weighted by Gasteiger charge is -2.19. The highest BCUT2D eigenvalue weighted by Gasteiger charge is 2.20. The van der Waals surface area contributed by atoms with E-state index in [1.165, 1.54) is 32.0 Å². The molecule has 0 aliphatic heterocycles. The number of hydrogen-bond donors (Lipinski definition) is 3. The first-order valence-electron chi connectivity index (χ1n) is 5.74. The van der Waals surface area contributed by atoms with Crippen molar-refractivity contribution >= 4 is 23.3 Å². The van der Waals surface area contributed by atoms with Crippen LogP contribution in [-0.4, -0.2) is 34.6 Å². The van der Waals surface area contributed by atoms with Crippen molar-refractivity contribution in [2.24, 2.45) is 0 Å². The molecule has 1 amide bonds. The summed E-state index contributed by atoms with van der Waals surface area (Å²) in [5, 5.41) is 22.2. The van der Waals surface area contributed by atoms with Crippen molar-refractivity contribution in [3.63, 3.8) is 0 Å². The van der Waals surface area contributed by atoms with Crippen LogP contribution in [0.2, 0.25) is 5.02 Å².